The minimum atomic E-state index is -0.807. The van der Waals surface area contributed by atoms with Crippen LogP contribution in [0.25, 0.3) is 0 Å². The maximum atomic E-state index is 12.2. The summed E-state index contributed by atoms with van der Waals surface area (Å²) in [6.07, 6.45) is 23.2. The van der Waals surface area contributed by atoms with Crippen molar-refractivity contribution < 1.29 is 61.9 Å². The maximum absolute atomic E-state index is 12.2. The van der Waals surface area contributed by atoms with Gasteiger partial charge in [0.2, 0.25) is 0 Å². The Morgan fingerprint density at radius 1 is 0.628 bits per heavy atom. The third-order valence-electron chi connectivity index (χ3n) is 21.6. The molecule has 13 nitrogen and oxygen atoms in total. The Hall–Kier alpha value is -1.82. The fraction of sp³-hybridized carbons (Fsp3) is 0.846. The average molecular weight is 1090 g/mol. The SMILES string of the molecule is C=CC[C@H]1O[C@H]2C=C[C@H]3O[C@H]4[C@H](C)[C@H]5O[C@@H](/C=C/[C@H](C)CC)C=CC[C@@H]5O[C@@H]4C[C@@H]3O[C@@H]2C=C[C@@H]1OC(C)C[C@@H](C)[C@]1(C)O[C@@H]2C[C@H](C)C[C@@H]3O[C@@H]4[C@@H](C)[C@H](C)[C@@H]5O[C@]6(C[C@H](C)CO6)[C@@H](C)[C@H](C)[C@H]5O[C@H]4C[C@H]3O[C@H]2C[C@H]1O. The highest BCUT2D eigenvalue weighted by Crippen LogP contribution is 2.53. The lowest BCUT2D eigenvalue weighted by Crippen LogP contribution is -2.62. The molecule has 8 fully saturated rings. The second-order valence-electron chi connectivity index (χ2n) is 27.3. The number of fused-ring (bicyclic) bond motifs is 8. The van der Waals surface area contributed by atoms with Crippen LogP contribution in [0.15, 0.2) is 61.3 Å². The molecule has 1 spiro atoms. The van der Waals surface area contributed by atoms with Crippen LogP contribution < -0.4 is 0 Å². The van der Waals surface area contributed by atoms with Gasteiger partial charge in [0.1, 0.15) is 24.4 Å². The summed E-state index contributed by atoms with van der Waals surface area (Å²) in [5.74, 6) is 1.82. The molecule has 1 unspecified atom stereocenters. The predicted molar refractivity (Wildman–Crippen MR) is 298 cm³/mol. The second kappa shape index (κ2) is 23.7. The molecule has 13 heteroatoms. The number of hydrogen-bond acceptors (Lipinski definition) is 13. The topological polar surface area (TPSA) is 131 Å². The molecule has 438 valence electrons. The number of aliphatic hydroxyl groups excluding tert-OH is 1. The van der Waals surface area contributed by atoms with E-state index in [0.29, 0.717) is 37.0 Å². The molecule has 11 aliphatic heterocycles. The number of rotatable bonds is 10. The molecule has 32 atom stereocenters. The molecule has 0 amide bonds. The van der Waals surface area contributed by atoms with Gasteiger partial charge in [0, 0.05) is 37.5 Å². The van der Waals surface area contributed by atoms with Crippen molar-refractivity contribution in [3.8, 4) is 0 Å². The fourth-order valence-electron chi connectivity index (χ4n) is 16.1. The van der Waals surface area contributed by atoms with Crippen molar-refractivity contribution in [2.75, 3.05) is 6.61 Å². The van der Waals surface area contributed by atoms with E-state index in [4.69, 9.17) is 56.8 Å². The van der Waals surface area contributed by atoms with Crippen LogP contribution in [0.4, 0.5) is 0 Å². The lowest BCUT2D eigenvalue weighted by atomic mass is 9.73. The van der Waals surface area contributed by atoms with Crippen LogP contribution in [-0.2, 0) is 56.8 Å². The van der Waals surface area contributed by atoms with Crippen LogP contribution >= 0.6 is 0 Å². The van der Waals surface area contributed by atoms with Gasteiger partial charge in [0.05, 0.1) is 116 Å². The van der Waals surface area contributed by atoms with E-state index >= 15 is 0 Å². The average Bonchev–Trinajstić information content (AvgIpc) is 3.73. The van der Waals surface area contributed by atoms with Gasteiger partial charge in [-0.2, -0.15) is 0 Å². The van der Waals surface area contributed by atoms with Gasteiger partial charge >= 0.3 is 0 Å². The monoisotopic (exact) mass is 1090 g/mol. The van der Waals surface area contributed by atoms with Crippen LogP contribution in [-0.4, -0.2) is 151 Å². The summed E-state index contributed by atoms with van der Waals surface area (Å²) in [7, 11) is 0. The van der Waals surface area contributed by atoms with Crippen molar-refractivity contribution in [2.45, 2.75) is 287 Å². The Bertz CT molecular complexity index is 2170. The fourth-order valence-corrected chi connectivity index (χ4v) is 16.1. The van der Waals surface area contributed by atoms with Gasteiger partial charge in [-0.05, 0) is 87.4 Å². The third kappa shape index (κ3) is 11.3. The van der Waals surface area contributed by atoms with Gasteiger partial charge in [-0.25, -0.2) is 0 Å². The molecule has 0 saturated carbocycles. The molecule has 1 N–H and O–H groups in total. The molecule has 78 heavy (non-hydrogen) atoms. The van der Waals surface area contributed by atoms with E-state index in [1.807, 2.05) is 6.08 Å². The molecule has 11 aliphatic rings. The Balaban J connectivity index is 0.708. The first kappa shape index (κ1) is 58.0. The van der Waals surface area contributed by atoms with Crippen molar-refractivity contribution >= 4 is 0 Å². The lowest BCUT2D eigenvalue weighted by Gasteiger charge is -2.53. The zero-order valence-electron chi connectivity index (χ0n) is 49.3. The molecule has 11 heterocycles. The van der Waals surface area contributed by atoms with Crippen molar-refractivity contribution in [2.24, 2.45) is 53.3 Å². The molecule has 0 radical (unpaired) electrons. The highest BCUT2D eigenvalue weighted by molar-refractivity contribution is 5.17. The summed E-state index contributed by atoms with van der Waals surface area (Å²) >= 11 is 0. The smallest absolute Gasteiger partial charge is 0.171 e. The van der Waals surface area contributed by atoms with Crippen molar-refractivity contribution in [3.63, 3.8) is 0 Å². The van der Waals surface area contributed by atoms with Crippen LogP contribution in [0.5, 0.6) is 0 Å². The van der Waals surface area contributed by atoms with Gasteiger partial charge in [-0.3, -0.25) is 0 Å². The summed E-state index contributed by atoms with van der Waals surface area (Å²) in [6, 6.07) is 0. The van der Waals surface area contributed by atoms with Gasteiger partial charge in [0.25, 0.3) is 0 Å². The van der Waals surface area contributed by atoms with Crippen molar-refractivity contribution in [3.05, 3.63) is 61.3 Å². The molecule has 0 aromatic carbocycles. The van der Waals surface area contributed by atoms with Gasteiger partial charge < -0.3 is 61.9 Å². The standard InChI is InChI=1S/C65H100O13/c1-14-17-45-46(22-23-48-47(70-45)24-25-49-52(71-48)29-56-61(74-49)42(11)60-50(72-56)19-16-18-44(69-60)21-20-34(3)15-2)68-38(7)28-37(6)64(13)58(66)31-54-55(77-64)27-35(4)26-51-53(73-54)30-57-59(75-51)39(8)40(9)63-62(76-57)41(10)43(12)65(78-63)32-36(5)33-67-65/h14,16,18,20-25,34-63,66H,1,15,17,19,26-33H2,2-13H3/b21-20+/t34-,35-,36+,37-,38?,39+,40+,41+,42-,43+,44-,45-,46+,47+,48-,49-,50+,51+,52+,53-,54+,55-,56-,57+,58-,59-,60-,61+,62-,63+,64+,65-/m1/s1. The maximum Gasteiger partial charge on any atom is 0.171 e. The van der Waals surface area contributed by atoms with E-state index in [9.17, 15) is 5.11 Å². The summed E-state index contributed by atoms with van der Waals surface area (Å²) < 4.78 is 83.8. The Morgan fingerprint density at radius 3 is 2.05 bits per heavy atom. The van der Waals surface area contributed by atoms with E-state index < -0.39 is 17.5 Å². The Morgan fingerprint density at radius 2 is 1.28 bits per heavy atom. The Labute approximate surface area is 468 Å². The molecule has 0 aliphatic carbocycles. The second-order valence-corrected chi connectivity index (χ2v) is 27.3. The summed E-state index contributed by atoms with van der Waals surface area (Å²) in [4.78, 5) is 0. The minimum Gasteiger partial charge on any atom is -0.390 e. The molecule has 0 bridgehead atoms. The van der Waals surface area contributed by atoms with E-state index in [1.165, 1.54) is 0 Å². The summed E-state index contributed by atoms with van der Waals surface area (Å²) in [5.41, 5.74) is -0.807. The zero-order valence-corrected chi connectivity index (χ0v) is 49.3. The zero-order chi connectivity index (χ0) is 54.9. The van der Waals surface area contributed by atoms with Crippen molar-refractivity contribution in [1.82, 2.24) is 0 Å². The number of aliphatic hydroxyl groups is 1. The highest BCUT2D eigenvalue weighted by atomic mass is 16.7. The number of ether oxygens (including phenoxy) is 12. The van der Waals surface area contributed by atoms with Gasteiger partial charge in [-0.1, -0.05) is 130 Å². The summed E-state index contributed by atoms with van der Waals surface area (Å²) in [5, 5.41) is 12.2. The van der Waals surface area contributed by atoms with Crippen LogP contribution in [0.2, 0.25) is 0 Å². The lowest BCUT2D eigenvalue weighted by molar-refractivity contribution is -0.335. The first-order chi connectivity index (χ1) is 37.3. The molecule has 0 aromatic heterocycles. The summed E-state index contributed by atoms with van der Waals surface area (Å²) in [6.45, 7) is 31.9. The molecular weight excluding hydrogens is 989 g/mol. The molecule has 0 aromatic rings. The van der Waals surface area contributed by atoms with Crippen LogP contribution in [0, 0.1) is 53.3 Å². The first-order valence-electron chi connectivity index (χ1n) is 31.2. The highest BCUT2D eigenvalue weighted by Gasteiger charge is 2.61. The normalized spacial score (nSPS) is 53.1. The van der Waals surface area contributed by atoms with E-state index in [2.05, 4.69) is 138 Å². The number of allylic oxidation sites excluding steroid dienone is 1. The largest absolute Gasteiger partial charge is 0.390 e. The van der Waals surface area contributed by atoms with Crippen LogP contribution in [0.1, 0.15) is 147 Å². The van der Waals surface area contributed by atoms with Gasteiger partial charge in [-0.15, -0.1) is 6.58 Å². The predicted octanol–water partition coefficient (Wildman–Crippen LogP) is 10.6. The van der Waals surface area contributed by atoms with Gasteiger partial charge in [0.15, 0.2) is 5.79 Å². The molecule has 8 saturated heterocycles. The molecule has 11 rings (SSSR count). The van der Waals surface area contributed by atoms with E-state index in [1.54, 1.807) is 0 Å². The quantitative estimate of drug-likeness (QED) is 0.209. The Kier molecular flexibility index (Phi) is 17.6. The minimum absolute atomic E-state index is 0.0305. The van der Waals surface area contributed by atoms with Crippen LogP contribution in [0.3, 0.4) is 0 Å². The third-order valence-corrected chi connectivity index (χ3v) is 21.6. The first-order valence-corrected chi connectivity index (χ1v) is 31.2. The number of hydrogen-bond donors (Lipinski definition) is 1. The molecular formula is C65H100O13. The van der Waals surface area contributed by atoms with E-state index in [0.717, 1.165) is 51.6 Å². The van der Waals surface area contributed by atoms with E-state index in [-0.39, 0.29) is 158 Å². The van der Waals surface area contributed by atoms with Crippen molar-refractivity contribution in [1.29, 1.82) is 0 Å².